The average molecular weight is 168 g/mol. The molecule has 1 fully saturated rings. The summed E-state index contributed by atoms with van der Waals surface area (Å²) in [5, 5.41) is 0. The van der Waals surface area contributed by atoms with Crippen LogP contribution in [-0.4, -0.2) is 9.97 Å². The molecule has 0 atom stereocenters. The Kier molecular flexibility index (Phi) is 3.32. The molecule has 0 amide bonds. The van der Waals surface area contributed by atoms with Crippen molar-refractivity contribution in [1.29, 1.82) is 0 Å². The Morgan fingerprint density at radius 3 is 1.92 bits per heavy atom. The summed E-state index contributed by atoms with van der Waals surface area (Å²) in [5.74, 6) is 0. The lowest BCUT2D eigenvalue weighted by Crippen LogP contribution is -2.19. The third-order valence-corrected chi connectivity index (χ3v) is 1.69. The number of hydrogen-bond donors (Lipinski definition) is 2. The van der Waals surface area contributed by atoms with E-state index >= 15 is 0 Å². The number of nitrogens with one attached hydrogen (secondary N) is 2. The Morgan fingerprint density at radius 1 is 1.08 bits per heavy atom. The summed E-state index contributed by atoms with van der Waals surface area (Å²) >= 11 is 0. The maximum absolute atomic E-state index is 10.2. The molecule has 1 aromatic heterocycles. The maximum Gasteiger partial charge on any atom is 0.325 e. The third-order valence-electron chi connectivity index (χ3n) is 1.69. The topological polar surface area (TPSA) is 65.7 Å². The molecule has 0 saturated heterocycles. The Balaban J connectivity index is 0.000000150. The Labute approximate surface area is 69.7 Å². The summed E-state index contributed by atoms with van der Waals surface area (Å²) in [6.45, 7) is 0. The van der Waals surface area contributed by atoms with Gasteiger partial charge in [0.25, 0.3) is 5.56 Å². The van der Waals surface area contributed by atoms with Crippen LogP contribution in [-0.2, 0) is 0 Å². The zero-order chi connectivity index (χ0) is 8.81. The van der Waals surface area contributed by atoms with Crippen molar-refractivity contribution in [1.82, 2.24) is 9.97 Å². The van der Waals surface area contributed by atoms with Crippen LogP contribution in [0.2, 0.25) is 0 Å². The molecule has 1 saturated carbocycles. The number of aromatic nitrogens is 2. The van der Waals surface area contributed by atoms with E-state index in [0.29, 0.717) is 0 Å². The molecule has 0 aliphatic heterocycles. The predicted octanol–water partition coefficient (Wildman–Crippen LogP) is 0.624. The third kappa shape index (κ3) is 3.18. The van der Waals surface area contributed by atoms with Crippen LogP contribution in [0.15, 0.2) is 21.9 Å². The smallest absolute Gasteiger partial charge is 0.314 e. The summed E-state index contributed by atoms with van der Waals surface area (Å²) in [5.41, 5.74) is -0.855. The molecule has 66 valence electrons. The molecule has 1 heterocycles. The molecular weight excluding hydrogens is 156 g/mol. The van der Waals surface area contributed by atoms with E-state index in [0.717, 1.165) is 0 Å². The highest BCUT2D eigenvalue weighted by molar-refractivity contribution is 4.77. The molecule has 4 heteroatoms. The molecule has 2 rings (SSSR count). The summed E-state index contributed by atoms with van der Waals surface area (Å²) in [6.07, 6.45) is 7.29. The van der Waals surface area contributed by atoms with Crippen LogP contribution in [0.25, 0.3) is 0 Å². The monoisotopic (exact) mass is 168 g/mol. The van der Waals surface area contributed by atoms with Gasteiger partial charge in [-0.1, -0.05) is 25.7 Å². The number of H-pyrrole nitrogens is 2. The fourth-order valence-corrected chi connectivity index (χ4v) is 0.633. The largest absolute Gasteiger partial charge is 0.325 e. The minimum atomic E-state index is -0.475. The van der Waals surface area contributed by atoms with Crippen LogP contribution >= 0.6 is 0 Å². The number of aromatic amines is 2. The molecule has 2 N–H and O–H groups in total. The van der Waals surface area contributed by atoms with Gasteiger partial charge in [-0.3, -0.25) is 9.78 Å². The SMILES string of the molecule is C1CCC1.O=c1cc[nH]c(=O)[nH]1. The van der Waals surface area contributed by atoms with Gasteiger partial charge in [0.15, 0.2) is 0 Å². The lowest BCUT2D eigenvalue weighted by atomic mass is 10.0. The second kappa shape index (κ2) is 4.54. The Hall–Kier alpha value is -1.32. The summed E-state index contributed by atoms with van der Waals surface area (Å²) in [4.78, 5) is 24.7. The van der Waals surface area contributed by atoms with Crippen LogP contribution in [0.3, 0.4) is 0 Å². The van der Waals surface area contributed by atoms with Crippen LogP contribution in [0, 0.1) is 0 Å². The Morgan fingerprint density at radius 2 is 1.67 bits per heavy atom. The standard InChI is InChI=1S/C4H4N2O2.C4H8/c7-3-1-2-5-4(8)6-3;1-2-4-3-1/h1-2H,(H2,5,6,7,8);1-4H2. The highest BCUT2D eigenvalue weighted by Gasteiger charge is 1.95. The minimum Gasteiger partial charge on any atom is -0.314 e. The molecule has 1 aliphatic rings. The number of hydrogen-bond acceptors (Lipinski definition) is 2. The molecule has 4 nitrogen and oxygen atoms in total. The first-order valence-electron chi connectivity index (χ1n) is 4.07. The molecule has 12 heavy (non-hydrogen) atoms. The summed E-state index contributed by atoms with van der Waals surface area (Å²) < 4.78 is 0. The van der Waals surface area contributed by atoms with E-state index in [1.807, 2.05) is 4.98 Å². The fourth-order valence-electron chi connectivity index (χ4n) is 0.633. The molecule has 0 spiro atoms. The van der Waals surface area contributed by atoms with E-state index in [2.05, 4.69) is 4.98 Å². The van der Waals surface area contributed by atoms with Crippen molar-refractivity contribution in [2.45, 2.75) is 25.7 Å². The molecule has 0 bridgehead atoms. The van der Waals surface area contributed by atoms with Gasteiger partial charge in [0, 0.05) is 12.3 Å². The van der Waals surface area contributed by atoms with Gasteiger partial charge in [-0.2, -0.15) is 0 Å². The maximum atomic E-state index is 10.2. The van der Waals surface area contributed by atoms with Crippen molar-refractivity contribution in [2.75, 3.05) is 0 Å². The zero-order valence-electron chi connectivity index (χ0n) is 6.80. The summed E-state index contributed by atoms with van der Waals surface area (Å²) in [7, 11) is 0. The molecule has 0 unspecified atom stereocenters. The van der Waals surface area contributed by atoms with Crippen LogP contribution in [0.4, 0.5) is 0 Å². The lowest BCUT2D eigenvalue weighted by molar-refractivity contribution is 0.504. The van der Waals surface area contributed by atoms with E-state index in [-0.39, 0.29) is 5.56 Å². The normalized spacial score (nSPS) is 14.0. The average Bonchev–Trinajstić information content (AvgIpc) is 1.81. The fraction of sp³-hybridized carbons (Fsp3) is 0.500. The van der Waals surface area contributed by atoms with Crippen molar-refractivity contribution in [2.24, 2.45) is 0 Å². The molecule has 1 aliphatic carbocycles. The van der Waals surface area contributed by atoms with Crippen molar-refractivity contribution in [3.63, 3.8) is 0 Å². The van der Waals surface area contributed by atoms with Gasteiger partial charge in [-0.05, 0) is 0 Å². The lowest BCUT2D eigenvalue weighted by Gasteiger charge is -2.05. The van der Waals surface area contributed by atoms with E-state index < -0.39 is 5.69 Å². The van der Waals surface area contributed by atoms with Gasteiger partial charge in [0.1, 0.15) is 0 Å². The van der Waals surface area contributed by atoms with Gasteiger partial charge < -0.3 is 4.98 Å². The number of rotatable bonds is 0. The first kappa shape index (κ1) is 8.77. The Bertz CT molecular complexity index is 293. The van der Waals surface area contributed by atoms with Gasteiger partial charge in [0.05, 0.1) is 0 Å². The van der Waals surface area contributed by atoms with Crippen LogP contribution < -0.4 is 11.2 Å². The van der Waals surface area contributed by atoms with Crippen molar-refractivity contribution >= 4 is 0 Å². The molecule has 1 aromatic rings. The molecule has 0 aromatic carbocycles. The van der Waals surface area contributed by atoms with Crippen LogP contribution in [0.5, 0.6) is 0 Å². The zero-order valence-corrected chi connectivity index (χ0v) is 6.80. The van der Waals surface area contributed by atoms with Crippen molar-refractivity contribution < 1.29 is 0 Å². The highest BCUT2D eigenvalue weighted by atomic mass is 16.2. The summed E-state index contributed by atoms with van der Waals surface area (Å²) in [6, 6.07) is 1.24. The van der Waals surface area contributed by atoms with Gasteiger partial charge in [0.2, 0.25) is 0 Å². The molecular formula is C8H12N2O2. The van der Waals surface area contributed by atoms with E-state index in [1.54, 1.807) is 0 Å². The van der Waals surface area contributed by atoms with E-state index in [4.69, 9.17) is 0 Å². The highest BCUT2D eigenvalue weighted by Crippen LogP contribution is 2.15. The quantitative estimate of drug-likeness (QED) is 0.596. The first-order chi connectivity index (χ1) is 5.79. The second-order valence-corrected chi connectivity index (χ2v) is 2.71. The van der Waals surface area contributed by atoms with Crippen molar-refractivity contribution in [3.8, 4) is 0 Å². The van der Waals surface area contributed by atoms with Crippen LogP contribution in [0.1, 0.15) is 25.7 Å². The first-order valence-corrected chi connectivity index (χ1v) is 4.07. The van der Waals surface area contributed by atoms with Gasteiger partial charge in [-0.15, -0.1) is 0 Å². The van der Waals surface area contributed by atoms with E-state index in [1.165, 1.54) is 37.9 Å². The van der Waals surface area contributed by atoms with Crippen molar-refractivity contribution in [3.05, 3.63) is 33.1 Å². The van der Waals surface area contributed by atoms with Gasteiger partial charge >= 0.3 is 5.69 Å². The second-order valence-electron chi connectivity index (χ2n) is 2.71. The van der Waals surface area contributed by atoms with E-state index in [9.17, 15) is 9.59 Å². The van der Waals surface area contributed by atoms with Gasteiger partial charge in [-0.25, -0.2) is 4.79 Å². The minimum absolute atomic E-state index is 0.381. The predicted molar refractivity (Wildman–Crippen MR) is 46.2 cm³/mol. The molecule has 0 radical (unpaired) electrons.